The molecule has 7 heteroatoms. The van der Waals surface area contributed by atoms with Gasteiger partial charge in [-0.3, -0.25) is 4.79 Å². The number of aryl methyl sites for hydroxylation is 2. The monoisotopic (exact) mass is 314 g/mol. The van der Waals surface area contributed by atoms with Crippen LogP contribution in [0.25, 0.3) is 0 Å². The Morgan fingerprint density at radius 2 is 1.81 bits per heavy atom. The fourth-order valence-electron chi connectivity index (χ4n) is 1.98. The van der Waals surface area contributed by atoms with Gasteiger partial charge in [0.1, 0.15) is 0 Å². The number of carbonyl (C=O) groups excluding carboxylic acids is 1. The van der Waals surface area contributed by atoms with Crippen molar-refractivity contribution in [2.75, 3.05) is 0 Å². The second-order valence-corrected chi connectivity index (χ2v) is 5.87. The molecule has 1 unspecified atom stereocenters. The molecule has 0 radical (unpaired) electrons. The lowest BCUT2D eigenvalue weighted by molar-refractivity contribution is 0.0939. The minimum atomic E-state index is -1.59. The summed E-state index contributed by atoms with van der Waals surface area (Å²) in [6.45, 7) is 5.41. The van der Waals surface area contributed by atoms with Crippen molar-refractivity contribution in [2.24, 2.45) is 0 Å². The third-order valence-electron chi connectivity index (χ3n) is 2.93. The molecular weight excluding hydrogens is 301 g/mol. The summed E-state index contributed by atoms with van der Waals surface area (Å²) in [6, 6.07) is 0.983. The summed E-state index contributed by atoms with van der Waals surface area (Å²) in [5.41, 5.74) is 0.527. The molecular formula is C14H13F3N2OS. The van der Waals surface area contributed by atoms with E-state index in [9.17, 15) is 18.0 Å². The van der Waals surface area contributed by atoms with Crippen LogP contribution in [0.2, 0.25) is 0 Å². The molecule has 0 saturated heterocycles. The SMILES string of the molecule is Cc1nc(C)c(C(C)NC(=O)c2cc(F)c(F)c(F)c2)s1. The Hall–Kier alpha value is -1.89. The molecule has 0 bridgehead atoms. The maximum absolute atomic E-state index is 13.1. The Balaban J connectivity index is 2.20. The second kappa shape index (κ2) is 5.85. The number of thiazole rings is 1. The van der Waals surface area contributed by atoms with Crippen LogP contribution in [0, 0.1) is 31.3 Å². The van der Waals surface area contributed by atoms with Crippen molar-refractivity contribution in [3.05, 3.63) is 50.7 Å². The maximum atomic E-state index is 13.1. The molecule has 0 aliphatic rings. The molecule has 1 N–H and O–H groups in total. The number of nitrogens with one attached hydrogen (secondary N) is 1. The highest BCUT2D eigenvalue weighted by molar-refractivity contribution is 7.11. The normalized spacial score (nSPS) is 12.3. The number of halogens is 3. The zero-order valence-electron chi connectivity index (χ0n) is 11.6. The lowest BCUT2D eigenvalue weighted by Crippen LogP contribution is -2.27. The van der Waals surface area contributed by atoms with Crippen molar-refractivity contribution in [3.8, 4) is 0 Å². The molecule has 0 saturated carbocycles. The molecule has 0 spiro atoms. The van der Waals surface area contributed by atoms with Crippen molar-refractivity contribution in [1.82, 2.24) is 10.3 Å². The zero-order valence-corrected chi connectivity index (χ0v) is 12.4. The van der Waals surface area contributed by atoms with Crippen LogP contribution in [0.3, 0.4) is 0 Å². The van der Waals surface area contributed by atoms with E-state index in [2.05, 4.69) is 10.3 Å². The van der Waals surface area contributed by atoms with E-state index in [-0.39, 0.29) is 11.6 Å². The molecule has 3 nitrogen and oxygen atoms in total. The number of hydrogen-bond acceptors (Lipinski definition) is 3. The average Bonchev–Trinajstić information content (AvgIpc) is 2.74. The Labute approximate surface area is 123 Å². The van der Waals surface area contributed by atoms with Crippen LogP contribution < -0.4 is 5.32 Å². The van der Waals surface area contributed by atoms with Crippen LogP contribution >= 0.6 is 11.3 Å². The Bertz CT molecular complexity index is 677. The maximum Gasteiger partial charge on any atom is 0.251 e. The number of hydrogen-bond donors (Lipinski definition) is 1. The summed E-state index contributed by atoms with van der Waals surface area (Å²) < 4.78 is 39.1. The average molecular weight is 314 g/mol. The first kappa shape index (κ1) is 15.5. The van der Waals surface area contributed by atoms with Gasteiger partial charge in [0, 0.05) is 10.4 Å². The number of aromatic nitrogens is 1. The first-order chi connectivity index (χ1) is 9.79. The first-order valence-corrected chi connectivity index (χ1v) is 7.00. The van der Waals surface area contributed by atoms with E-state index in [1.165, 1.54) is 11.3 Å². The fourth-order valence-corrected chi connectivity index (χ4v) is 2.91. The van der Waals surface area contributed by atoms with Crippen molar-refractivity contribution < 1.29 is 18.0 Å². The van der Waals surface area contributed by atoms with E-state index in [0.717, 1.165) is 15.6 Å². The van der Waals surface area contributed by atoms with E-state index in [0.29, 0.717) is 12.1 Å². The summed E-state index contributed by atoms with van der Waals surface area (Å²) >= 11 is 1.43. The van der Waals surface area contributed by atoms with Gasteiger partial charge in [-0.2, -0.15) is 0 Å². The summed E-state index contributed by atoms with van der Waals surface area (Å²) in [5.74, 6) is -5.05. The molecule has 1 aromatic heterocycles. The summed E-state index contributed by atoms with van der Waals surface area (Å²) in [6.07, 6.45) is 0. The third-order valence-corrected chi connectivity index (χ3v) is 4.18. The van der Waals surface area contributed by atoms with Gasteiger partial charge in [-0.25, -0.2) is 18.2 Å². The van der Waals surface area contributed by atoms with Gasteiger partial charge in [-0.15, -0.1) is 11.3 Å². The lowest BCUT2D eigenvalue weighted by atomic mass is 10.1. The minimum Gasteiger partial charge on any atom is -0.345 e. The zero-order chi connectivity index (χ0) is 15.7. The van der Waals surface area contributed by atoms with Crippen LogP contribution in [-0.4, -0.2) is 10.9 Å². The first-order valence-electron chi connectivity index (χ1n) is 6.19. The van der Waals surface area contributed by atoms with Crippen LogP contribution in [0.1, 0.15) is 38.9 Å². The van der Waals surface area contributed by atoms with Crippen molar-refractivity contribution >= 4 is 17.2 Å². The molecule has 0 aliphatic heterocycles. The minimum absolute atomic E-state index is 0.267. The second-order valence-electron chi connectivity index (χ2n) is 4.63. The Kier molecular flexibility index (Phi) is 4.32. The molecule has 112 valence electrons. The highest BCUT2D eigenvalue weighted by Gasteiger charge is 2.19. The lowest BCUT2D eigenvalue weighted by Gasteiger charge is -2.13. The topological polar surface area (TPSA) is 42.0 Å². The molecule has 0 fully saturated rings. The highest BCUT2D eigenvalue weighted by atomic mass is 32.1. The van der Waals surface area contributed by atoms with Gasteiger partial charge in [0.2, 0.25) is 0 Å². The number of rotatable bonds is 3. The number of benzene rings is 1. The highest BCUT2D eigenvalue weighted by Crippen LogP contribution is 2.25. The van der Waals surface area contributed by atoms with Crippen LogP contribution in [0.15, 0.2) is 12.1 Å². The molecule has 1 amide bonds. The quantitative estimate of drug-likeness (QED) is 0.878. The number of carbonyl (C=O) groups is 1. The van der Waals surface area contributed by atoms with Crippen molar-refractivity contribution in [1.29, 1.82) is 0 Å². The fraction of sp³-hybridized carbons (Fsp3) is 0.286. The smallest absolute Gasteiger partial charge is 0.251 e. The molecule has 2 rings (SSSR count). The summed E-state index contributed by atoms with van der Waals surface area (Å²) in [5, 5.41) is 3.48. The van der Waals surface area contributed by atoms with E-state index in [1.807, 2.05) is 13.8 Å². The van der Waals surface area contributed by atoms with Gasteiger partial charge >= 0.3 is 0 Å². The van der Waals surface area contributed by atoms with Gasteiger partial charge in [0.05, 0.1) is 16.7 Å². The number of nitrogens with zero attached hydrogens (tertiary/aromatic N) is 1. The number of amides is 1. The van der Waals surface area contributed by atoms with Crippen LogP contribution in [0.4, 0.5) is 13.2 Å². The standard InChI is InChI=1S/C14H13F3N2OS/c1-6-13(21-8(3)18-6)7(2)19-14(20)9-4-10(15)12(17)11(16)5-9/h4-5,7H,1-3H3,(H,19,20). The largest absolute Gasteiger partial charge is 0.345 e. The summed E-state index contributed by atoms with van der Waals surface area (Å²) in [4.78, 5) is 17.1. The van der Waals surface area contributed by atoms with Gasteiger partial charge in [-0.05, 0) is 32.9 Å². The predicted octanol–water partition coefficient (Wildman–Crippen LogP) is 3.67. The molecule has 1 aromatic carbocycles. The Morgan fingerprint density at radius 1 is 1.24 bits per heavy atom. The third kappa shape index (κ3) is 3.24. The van der Waals surface area contributed by atoms with E-state index in [4.69, 9.17) is 0 Å². The van der Waals surface area contributed by atoms with Crippen LogP contribution in [0.5, 0.6) is 0 Å². The van der Waals surface area contributed by atoms with Gasteiger partial charge in [-0.1, -0.05) is 0 Å². The Morgan fingerprint density at radius 3 is 2.29 bits per heavy atom. The van der Waals surface area contributed by atoms with Crippen molar-refractivity contribution in [2.45, 2.75) is 26.8 Å². The predicted molar refractivity (Wildman–Crippen MR) is 73.8 cm³/mol. The van der Waals surface area contributed by atoms with E-state index < -0.39 is 23.4 Å². The molecule has 21 heavy (non-hydrogen) atoms. The van der Waals surface area contributed by atoms with Crippen molar-refractivity contribution in [3.63, 3.8) is 0 Å². The van der Waals surface area contributed by atoms with E-state index >= 15 is 0 Å². The van der Waals surface area contributed by atoms with E-state index in [1.54, 1.807) is 6.92 Å². The summed E-state index contributed by atoms with van der Waals surface area (Å²) in [7, 11) is 0. The molecule has 0 aliphatic carbocycles. The van der Waals surface area contributed by atoms with Gasteiger partial charge in [0.25, 0.3) is 5.91 Å². The van der Waals surface area contributed by atoms with Gasteiger partial charge in [0.15, 0.2) is 17.5 Å². The molecule has 2 aromatic rings. The van der Waals surface area contributed by atoms with Gasteiger partial charge < -0.3 is 5.32 Å². The van der Waals surface area contributed by atoms with Crippen LogP contribution in [-0.2, 0) is 0 Å². The molecule has 1 heterocycles. The molecule has 1 atom stereocenters.